The Balaban J connectivity index is 3.20. The van der Waals surface area contributed by atoms with Crippen LogP contribution in [0.25, 0.3) is 0 Å². The van der Waals surface area contributed by atoms with Gasteiger partial charge in [0, 0.05) is 10.5 Å². The van der Waals surface area contributed by atoms with Gasteiger partial charge in [-0.15, -0.1) is 0 Å². The molecule has 5 heteroatoms. The number of rotatable bonds is 2. The van der Waals surface area contributed by atoms with E-state index in [9.17, 15) is 4.39 Å². The molecule has 0 radical (unpaired) electrons. The van der Waals surface area contributed by atoms with Gasteiger partial charge in [0.15, 0.2) is 0 Å². The van der Waals surface area contributed by atoms with Gasteiger partial charge >= 0.3 is 7.12 Å². The Morgan fingerprint density at radius 2 is 2.08 bits per heavy atom. The lowest BCUT2D eigenvalue weighted by Gasteiger charge is -2.06. The van der Waals surface area contributed by atoms with E-state index in [0.29, 0.717) is 0 Å². The third-order valence-corrected chi connectivity index (χ3v) is 1.87. The van der Waals surface area contributed by atoms with Crippen LogP contribution in [0, 0.1) is 0 Å². The minimum Gasteiger partial charge on any atom is -0.423 e. The van der Waals surface area contributed by atoms with Crippen LogP contribution in [0.2, 0.25) is 5.02 Å². The Morgan fingerprint density at radius 1 is 1.42 bits per heavy atom. The first-order valence-corrected chi connectivity index (χ1v) is 3.74. The van der Waals surface area contributed by atoms with Gasteiger partial charge in [-0.2, -0.15) is 0 Å². The molecule has 2 nitrogen and oxygen atoms in total. The summed E-state index contributed by atoms with van der Waals surface area (Å²) in [5.41, 5.74) is 0.249. The molecule has 0 saturated carbocycles. The number of benzene rings is 1. The smallest absolute Gasteiger partial charge is 0.423 e. The molecule has 0 saturated heterocycles. The van der Waals surface area contributed by atoms with E-state index in [1.807, 2.05) is 0 Å². The molecule has 0 fully saturated rings. The Labute approximate surface area is 74.7 Å². The molecular formula is C7H7BClFO2. The van der Waals surface area contributed by atoms with Crippen LogP contribution in [0.15, 0.2) is 18.2 Å². The molecule has 0 unspecified atom stereocenters. The van der Waals surface area contributed by atoms with E-state index in [2.05, 4.69) is 0 Å². The second-order valence-electron chi connectivity index (χ2n) is 2.32. The summed E-state index contributed by atoms with van der Waals surface area (Å²) in [7, 11) is -1.72. The summed E-state index contributed by atoms with van der Waals surface area (Å²) < 4.78 is 12.2. The first-order valence-electron chi connectivity index (χ1n) is 3.36. The van der Waals surface area contributed by atoms with Crippen LogP contribution < -0.4 is 5.46 Å². The van der Waals surface area contributed by atoms with Crippen molar-refractivity contribution in [3.63, 3.8) is 0 Å². The van der Waals surface area contributed by atoms with Crippen molar-refractivity contribution in [1.82, 2.24) is 0 Å². The first-order chi connectivity index (χ1) is 5.66. The minimum atomic E-state index is -1.72. The van der Waals surface area contributed by atoms with Gasteiger partial charge in [0.25, 0.3) is 0 Å². The third kappa shape index (κ3) is 1.77. The van der Waals surface area contributed by atoms with Crippen molar-refractivity contribution >= 4 is 24.2 Å². The highest BCUT2D eigenvalue weighted by Crippen LogP contribution is 2.09. The topological polar surface area (TPSA) is 40.5 Å². The van der Waals surface area contributed by atoms with Gasteiger partial charge in [-0.3, -0.25) is 0 Å². The van der Waals surface area contributed by atoms with E-state index < -0.39 is 13.8 Å². The summed E-state index contributed by atoms with van der Waals surface area (Å²) in [5.74, 6) is 0. The Kier molecular flexibility index (Phi) is 3.09. The molecule has 1 aromatic rings. The van der Waals surface area contributed by atoms with Crippen LogP contribution in [0.4, 0.5) is 4.39 Å². The van der Waals surface area contributed by atoms with Crippen molar-refractivity contribution in [3.05, 3.63) is 28.8 Å². The fourth-order valence-corrected chi connectivity index (χ4v) is 1.28. The van der Waals surface area contributed by atoms with Gasteiger partial charge in [-0.25, -0.2) is 4.39 Å². The van der Waals surface area contributed by atoms with Crippen LogP contribution in [0.1, 0.15) is 5.56 Å². The van der Waals surface area contributed by atoms with Crippen LogP contribution >= 0.6 is 11.6 Å². The summed E-state index contributed by atoms with van der Waals surface area (Å²) in [6.45, 7) is -0.756. The largest absolute Gasteiger partial charge is 0.490 e. The Bertz CT molecular complexity index is 280. The molecule has 64 valence electrons. The summed E-state index contributed by atoms with van der Waals surface area (Å²) in [5, 5.41) is 17.8. The predicted molar refractivity (Wildman–Crippen MR) is 46.1 cm³/mol. The van der Waals surface area contributed by atoms with Crippen molar-refractivity contribution in [3.8, 4) is 0 Å². The molecule has 0 amide bonds. The number of hydrogen-bond acceptors (Lipinski definition) is 2. The molecule has 1 aromatic carbocycles. The minimum absolute atomic E-state index is 0.0432. The van der Waals surface area contributed by atoms with E-state index in [1.54, 1.807) is 6.07 Å². The maximum atomic E-state index is 12.2. The third-order valence-electron chi connectivity index (χ3n) is 1.55. The van der Waals surface area contributed by atoms with Crippen molar-refractivity contribution in [1.29, 1.82) is 0 Å². The molecule has 0 aromatic heterocycles. The summed E-state index contributed by atoms with van der Waals surface area (Å²) in [4.78, 5) is 0. The standard InChI is InChI=1S/C7H7BClFO2/c9-6-3-1-2-5(4-10)7(6)8(11)12/h1-3,11-12H,4H2. The van der Waals surface area contributed by atoms with E-state index in [4.69, 9.17) is 21.6 Å². The van der Waals surface area contributed by atoms with Gasteiger partial charge in [0.2, 0.25) is 0 Å². The van der Waals surface area contributed by atoms with Gasteiger partial charge < -0.3 is 10.0 Å². The molecule has 0 aliphatic heterocycles. The van der Waals surface area contributed by atoms with Crippen LogP contribution in [0.5, 0.6) is 0 Å². The number of halogens is 2. The van der Waals surface area contributed by atoms with E-state index in [-0.39, 0.29) is 16.0 Å². The van der Waals surface area contributed by atoms with Gasteiger partial charge in [-0.1, -0.05) is 23.7 Å². The molecule has 0 spiro atoms. The number of alkyl halides is 1. The molecule has 0 atom stereocenters. The lowest BCUT2D eigenvalue weighted by Crippen LogP contribution is -2.33. The van der Waals surface area contributed by atoms with Crippen molar-refractivity contribution in [2.24, 2.45) is 0 Å². The van der Waals surface area contributed by atoms with E-state index >= 15 is 0 Å². The first kappa shape index (κ1) is 9.51. The molecule has 0 heterocycles. The lowest BCUT2D eigenvalue weighted by molar-refractivity contribution is 0.423. The Morgan fingerprint density at radius 3 is 2.50 bits per heavy atom. The molecular weight excluding hydrogens is 181 g/mol. The van der Waals surface area contributed by atoms with Gasteiger partial charge in [0.05, 0.1) is 0 Å². The lowest BCUT2D eigenvalue weighted by atomic mass is 9.77. The highest BCUT2D eigenvalue weighted by molar-refractivity contribution is 6.63. The normalized spacial score (nSPS) is 10.0. The van der Waals surface area contributed by atoms with Gasteiger partial charge in [0.1, 0.15) is 6.67 Å². The van der Waals surface area contributed by atoms with Crippen molar-refractivity contribution < 1.29 is 14.4 Å². The summed E-state index contributed by atoms with van der Waals surface area (Å²) in [6, 6.07) is 4.50. The van der Waals surface area contributed by atoms with Crippen LogP contribution in [0.3, 0.4) is 0 Å². The molecule has 2 N–H and O–H groups in total. The second kappa shape index (κ2) is 3.89. The fraction of sp³-hybridized carbons (Fsp3) is 0.143. The maximum Gasteiger partial charge on any atom is 0.490 e. The molecule has 1 rings (SSSR count). The fourth-order valence-electron chi connectivity index (χ4n) is 0.987. The zero-order valence-electron chi connectivity index (χ0n) is 6.17. The highest BCUT2D eigenvalue weighted by Gasteiger charge is 2.18. The molecule has 12 heavy (non-hydrogen) atoms. The van der Waals surface area contributed by atoms with Crippen molar-refractivity contribution in [2.75, 3.05) is 0 Å². The molecule has 0 aliphatic carbocycles. The van der Waals surface area contributed by atoms with E-state index in [0.717, 1.165) is 0 Å². The van der Waals surface area contributed by atoms with Crippen molar-refractivity contribution in [2.45, 2.75) is 6.67 Å². The van der Waals surface area contributed by atoms with Crippen LogP contribution in [-0.4, -0.2) is 17.2 Å². The van der Waals surface area contributed by atoms with Gasteiger partial charge in [-0.05, 0) is 11.6 Å². The quantitative estimate of drug-likeness (QED) is 0.663. The highest BCUT2D eigenvalue weighted by atomic mass is 35.5. The molecule has 0 aliphatic rings. The predicted octanol–water partition coefficient (Wildman–Crippen LogP) is 0.489. The zero-order chi connectivity index (χ0) is 9.14. The maximum absolute atomic E-state index is 12.2. The summed E-state index contributed by atoms with van der Waals surface area (Å²) in [6.07, 6.45) is 0. The number of hydrogen-bond donors (Lipinski definition) is 2. The molecule has 0 bridgehead atoms. The average molecular weight is 188 g/mol. The summed E-state index contributed by atoms with van der Waals surface area (Å²) >= 11 is 5.62. The second-order valence-corrected chi connectivity index (χ2v) is 2.73. The van der Waals surface area contributed by atoms with E-state index in [1.165, 1.54) is 12.1 Å². The van der Waals surface area contributed by atoms with Crippen LogP contribution in [-0.2, 0) is 6.67 Å². The Hall–Kier alpha value is -0.575. The monoisotopic (exact) mass is 188 g/mol. The SMILES string of the molecule is OB(O)c1c(Cl)cccc1CF. The average Bonchev–Trinajstić information content (AvgIpc) is 2.03. The zero-order valence-corrected chi connectivity index (χ0v) is 6.92.